The number of aromatic nitrogens is 1. The standard InChI is InChI=1S/C9H13NO3S/c11-7-1-2-8-14(12,13)9-3-5-10-6-4-9/h3-6,11H,1-2,7-8H2. The minimum atomic E-state index is -3.18. The van der Waals surface area contributed by atoms with Crippen molar-refractivity contribution in [2.45, 2.75) is 17.7 Å². The molecule has 0 saturated carbocycles. The van der Waals surface area contributed by atoms with Crippen LogP contribution in [0.15, 0.2) is 29.4 Å². The topological polar surface area (TPSA) is 67.3 Å². The van der Waals surface area contributed by atoms with Crippen molar-refractivity contribution < 1.29 is 13.5 Å². The summed E-state index contributed by atoms with van der Waals surface area (Å²) >= 11 is 0. The van der Waals surface area contributed by atoms with Crippen LogP contribution in [0.4, 0.5) is 0 Å². The molecule has 0 amide bonds. The Labute approximate surface area is 83.5 Å². The zero-order valence-corrected chi connectivity index (χ0v) is 8.57. The summed E-state index contributed by atoms with van der Waals surface area (Å²) in [4.78, 5) is 4.05. The van der Waals surface area contributed by atoms with Crippen LogP contribution >= 0.6 is 0 Å². The molecule has 0 atom stereocenters. The average Bonchev–Trinajstić information content (AvgIpc) is 2.19. The molecule has 1 aromatic rings. The summed E-state index contributed by atoms with van der Waals surface area (Å²) in [5.74, 6) is 0.0809. The van der Waals surface area contributed by atoms with E-state index in [2.05, 4.69) is 4.98 Å². The van der Waals surface area contributed by atoms with E-state index in [0.29, 0.717) is 17.7 Å². The molecule has 0 aromatic carbocycles. The first kappa shape index (κ1) is 11.1. The second-order valence-electron chi connectivity index (χ2n) is 2.93. The lowest BCUT2D eigenvalue weighted by atomic mass is 10.4. The summed E-state index contributed by atoms with van der Waals surface area (Å²) in [6, 6.07) is 2.96. The highest BCUT2D eigenvalue weighted by molar-refractivity contribution is 7.91. The van der Waals surface area contributed by atoms with Crippen LogP contribution in [0.3, 0.4) is 0 Å². The first-order chi connectivity index (χ1) is 6.67. The molecule has 5 heteroatoms. The summed E-state index contributed by atoms with van der Waals surface area (Å²) in [6.07, 6.45) is 3.92. The van der Waals surface area contributed by atoms with Crippen molar-refractivity contribution in [2.24, 2.45) is 0 Å². The Bertz CT molecular complexity index is 361. The van der Waals surface area contributed by atoms with Gasteiger partial charge in [-0.2, -0.15) is 0 Å². The molecule has 0 radical (unpaired) electrons. The van der Waals surface area contributed by atoms with E-state index in [-0.39, 0.29) is 12.4 Å². The van der Waals surface area contributed by atoms with Gasteiger partial charge < -0.3 is 5.11 Å². The highest BCUT2D eigenvalue weighted by Crippen LogP contribution is 2.10. The molecule has 78 valence electrons. The van der Waals surface area contributed by atoms with Gasteiger partial charge in [0.1, 0.15) is 0 Å². The van der Waals surface area contributed by atoms with Crippen molar-refractivity contribution in [1.29, 1.82) is 0 Å². The maximum Gasteiger partial charge on any atom is 0.178 e. The van der Waals surface area contributed by atoms with Crippen molar-refractivity contribution in [3.63, 3.8) is 0 Å². The van der Waals surface area contributed by atoms with Gasteiger partial charge in [-0.25, -0.2) is 8.42 Å². The van der Waals surface area contributed by atoms with E-state index in [1.807, 2.05) is 0 Å². The van der Waals surface area contributed by atoms with Crippen LogP contribution in [0.5, 0.6) is 0 Å². The van der Waals surface area contributed by atoms with Crippen molar-refractivity contribution in [2.75, 3.05) is 12.4 Å². The smallest absolute Gasteiger partial charge is 0.178 e. The summed E-state index contributed by atoms with van der Waals surface area (Å²) in [7, 11) is -3.18. The van der Waals surface area contributed by atoms with E-state index < -0.39 is 9.84 Å². The van der Waals surface area contributed by atoms with Gasteiger partial charge in [0.2, 0.25) is 0 Å². The van der Waals surface area contributed by atoms with Gasteiger partial charge in [0, 0.05) is 19.0 Å². The molecule has 1 heterocycles. The van der Waals surface area contributed by atoms with Crippen molar-refractivity contribution in [3.8, 4) is 0 Å². The van der Waals surface area contributed by atoms with E-state index in [0.717, 1.165) is 0 Å². The number of nitrogens with zero attached hydrogens (tertiary/aromatic N) is 1. The van der Waals surface area contributed by atoms with Crippen LogP contribution in [0, 0.1) is 0 Å². The molecule has 0 bridgehead atoms. The number of pyridine rings is 1. The lowest BCUT2D eigenvalue weighted by Gasteiger charge is -2.02. The zero-order chi connectivity index (χ0) is 10.4. The lowest BCUT2D eigenvalue weighted by molar-refractivity contribution is 0.287. The molecule has 1 rings (SSSR count). The monoisotopic (exact) mass is 215 g/mol. The Kier molecular flexibility index (Phi) is 4.03. The molecule has 0 aliphatic carbocycles. The first-order valence-corrected chi connectivity index (χ1v) is 6.06. The Morgan fingerprint density at radius 3 is 2.43 bits per heavy atom. The largest absolute Gasteiger partial charge is 0.396 e. The molecule has 4 nitrogen and oxygen atoms in total. The number of rotatable bonds is 5. The predicted molar refractivity (Wildman–Crippen MR) is 52.6 cm³/mol. The van der Waals surface area contributed by atoms with Crippen LogP contribution < -0.4 is 0 Å². The molecule has 0 aliphatic rings. The molecule has 0 unspecified atom stereocenters. The Hall–Kier alpha value is -0.940. The number of sulfone groups is 1. The average molecular weight is 215 g/mol. The van der Waals surface area contributed by atoms with Gasteiger partial charge >= 0.3 is 0 Å². The van der Waals surface area contributed by atoms with Gasteiger partial charge in [-0.3, -0.25) is 4.98 Å². The third-order valence-corrected chi connectivity index (χ3v) is 3.65. The molecule has 14 heavy (non-hydrogen) atoms. The fraction of sp³-hybridized carbons (Fsp3) is 0.444. The van der Waals surface area contributed by atoms with E-state index in [9.17, 15) is 8.42 Å². The number of unbranched alkanes of at least 4 members (excludes halogenated alkanes) is 1. The molecular weight excluding hydrogens is 202 g/mol. The van der Waals surface area contributed by atoms with Gasteiger partial charge in [-0.15, -0.1) is 0 Å². The van der Waals surface area contributed by atoms with Gasteiger partial charge in [0.05, 0.1) is 10.6 Å². The number of hydrogen-bond donors (Lipinski definition) is 1. The molecule has 0 aliphatic heterocycles. The van der Waals surface area contributed by atoms with Gasteiger partial charge in [0.15, 0.2) is 9.84 Å². The van der Waals surface area contributed by atoms with Crippen molar-refractivity contribution in [3.05, 3.63) is 24.5 Å². The van der Waals surface area contributed by atoms with E-state index in [1.54, 1.807) is 0 Å². The predicted octanol–water partition coefficient (Wildman–Crippen LogP) is 0.628. The van der Waals surface area contributed by atoms with E-state index in [1.165, 1.54) is 24.5 Å². The maximum absolute atomic E-state index is 11.6. The van der Waals surface area contributed by atoms with Crippen molar-refractivity contribution >= 4 is 9.84 Å². The fourth-order valence-corrected chi connectivity index (χ4v) is 2.42. The maximum atomic E-state index is 11.6. The van der Waals surface area contributed by atoms with Crippen LogP contribution in [0.1, 0.15) is 12.8 Å². The van der Waals surface area contributed by atoms with Gasteiger partial charge in [-0.1, -0.05) is 0 Å². The van der Waals surface area contributed by atoms with Crippen LogP contribution in [-0.2, 0) is 9.84 Å². The van der Waals surface area contributed by atoms with Crippen molar-refractivity contribution in [1.82, 2.24) is 4.98 Å². The second kappa shape index (κ2) is 5.07. The summed E-state index contributed by atoms with van der Waals surface area (Å²) < 4.78 is 23.2. The quantitative estimate of drug-likeness (QED) is 0.731. The molecule has 0 spiro atoms. The molecule has 0 saturated heterocycles. The normalized spacial score (nSPS) is 11.5. The number of aliphatic hydroxyl groups excluding tert-OH is 1. The zero-order valence-electron chi connectivity index (χ0n) is 7.76. The van der Waals surface area contributed by atoms with Gasteiger partial charge in [-0.05, 0) is 25.0 Å². The number of aliphatic hydroxyl groups is 1. The van der Waals surface area contributed by atoms with E-state index in [4.69, 9.17) is 5.11 Å². The number of hydrogen-bond acceptors (Lipinski definition) is 4. The molecular formula is C9H13NO3S. The molecule has 1 aromatic heterocycles. The van der Waals surface area contributed by atoms with Crippen LogP contribution in [-0.4, -0.2) is 30.9 Å². The summed E-state index contributed by atoms with van der Waals surface area (Å²) in [5.41, 5.74) is 0. The van der Waals surface area contributed by atoms with Crippen LogP contribution in [0.2, 0.25) is 0 Å². The Morgan fingerprint density at radius 2 is 1.86 bits per heavy atom. The minimum absolute atomic E-state index is 0.0336. The third-order valence-electron chi connectivity index (χ3n) is 1.83. The van der Waals surface area contributed by atoms with Crippen LogP contribution in [0.25, 0.3) is 0 Å². The summed E-state index contributed by atoms with van der Waals surface area (Å²) in [6.45, 7) is 0.0336. The third kappa shape index (κ3) is 3.08. The summed E-state index contributed by atoms with van der Waals surface area (Å²) in [5, 5.41) is 8.53. The highest BCUT2D eigenvalue weighted by atomic mass is 32.2. The van der Waals surface area contributed by atoms with E-state index >= 15 is 0 Å². The molecule has 0 fully saturated rings. The lowest BCUT2D eigenvalue weighted by Crippen LogP contribution is -2.07. The second-order valence-corrected chi connectivity index (χ2v) is 5.04. The highest BCUT2D eigenvalue weighted by Gasteiger charge is 2.12. The Balaban J connectivity index is 2.67. The fourth-order valence-electron chi connectivity index (χ4n) is 1.07. The minimum Gasteiger partial charge on any atom is -0.396 e. The molecule has 1 N–H and O–H groups in total. The Morgan fingerprint density at radius 1 is 1.21 bits per heavy atom. The SMILES string of the molecule is O=S(=O)(CCCCO)c1ccncc1. The van der Waals surface area contributed by atoms with Gasteiger partial charge in [0.25, 0.3) is 0 Å². The first-order valence-electron chi connectivity index (χ1n) is 4.40.